The molecule has 0 spiro atoms. The van der Waals surface area contributed by atoms with Gasteiger partial charge in [0.25, 0.3) is 0 Å². The second-order valence-electron chi connectivity index (χ2n) is 8.37. The van der Waals surface area contributed by atoms with E-state index in [0.29, 0.717) is 17.8 Å². The Kier molecular flexibility index (Phi) is 3.72. The van der Waals surface area contributed by atoms with E-state index in [4.69, 9.17) is 4.74 Å². The van der Waals surface area contributed by atoms with E-state index in [-0.39, 0.29) is 11.5 Å². The summed E-state index contributed by atoms with van der Waals surface area (Å²) in [5, 5.41) is 10.6. The number of hydrogen-bond donors (Lipinski definition) is 1. The van der Waals surface area contributed by atoms with Crippen LogP contribution in [0.1, 0.15) is 63.0 Å². The largest absolute Gasteiger partial charge is 0.497 e. The summed E-state index contributed by atoms with van der Waals surface area (Å²) in [7, 11) is 1.76. The summed E-state index contributed by atoms with van der Waals surface area (Å²) in [6, 6.07) is 6.74. The minimum absolute atomic E-state index is 0.0836. The van der Waals surface area contributed by atoms with Crippen molar-refractivity contribution in [1.82, 2.24) is 0 Å². The van der Waals surface area contributed by atoms with Crippen molar-refractivity contribution < 1.29 is 9.84 Å². The smallest absolute Gasteiger partial charge is 0.119 e. The van der Waals surface area contributed by atoms with E-state index in [1.807, 2.05) is 0 Å². The third-order valence-electron chi connectivity index (χ3n) is 7.53. The number of aliphatic hydroxyl groups excluding tert-OH is 1. The Balaban J connectivity index is 1.75. The van der Waals surface area contributed by atoms with E-state index in [1.165, 1.54) is 37.7 Å². The zero-order chi connectivity index (χ0) is 16.2. The number of hydrogen-bond acceptors (Lipinski definition) is 2. The number of ether oxygens (including phenoxy) is 1. The van der Waals surface area contributed by atoms with Gasteiger partial charge in [0.05, 0.1) is 13.2 Å². The summed E-state index contributed by atoms with van der Waals surface area (Å²) in [4.78, 5) is 0. The van der Waals surface area contributed by atoms with E-state index in [2.05, 4.69) is 32.0 Å². The maximum absolute atomic E-state index is 10.6. The average Bonchev–Trinajstić information content (AvgIpc) is 2.88. The molecule has 23 heavy (non-hydrogen) atoms. The summed E-state index contributed by atoms with van der Waals surface area (Å²) in [6.45, 7) is 4.71. The van der Waals surface area contributed by atoms with Gasteiger partial charge < -0.3 is 9.84 Å². The lowest BCUT2D eigenvalue weighted by molar-refractivity contribution is -0.0487. The highest BCUT2D eigenvalue weighted by Gasteiger charge is 2.57. The van der Waals surface area contributed by atoms with Gasteiger partial charge >= 0.3 is 0 Å². The summed E-state index contributed by atoms with van der Waals surface area (Å²) < 4.78 is 5.44. The predicted octanol–water partition coefficient (Wildman–Crippen LogP) is 4.55. The van der Waals surface area contributed by atoms with Gasteiger partial charge in [-0.05, 0) is 84.5 Å². The summed E-state index contributed by atoms with van der Waals surface area (Å²) >= 11 is 0. The number of rotatable bonds is 2. The summed E-state index contributed by atoms with van der Waals surface area (Å²) in [5.74, 6) is 3.86. The second kappa shape index (κ2) is 5.51. The van der Waals surface area contributed by atoms with Gasteiger partial charge in [-0.15, -0.1) is 0 Å². The summed E-state index contributed by atoms with van der Waals surface area (Å²) in [6.07, 6.45) is 7.03. The van der Waals surface area contributed by atoms with Gasteiger partial charge in [-0.25, -0.2) is 0 Å². The normalized spacial score (nSPS) is 41.8. The van der Waals surface area contributed by atoms with Crippen molar-refractivity contribution in [3.8, 4) is 5.75 Å². The Labute approximate surface area is 140 Å². The van der Waals surface area contributed by atoms with E-state index in [0.717, 1.165) is 18.1 Å². The van der Waals surface area contributed by atoms with Crippen LogP contribution in [0.4, 0.5) is 0 Å². The minimum Gasteiger partial charge on any atom is -0.497 e. The highest BCUT2D eigenvalue weighted by atomic mass is 16.5. The van der Waals surface area contributed by atoms with Crippen LogP contribution in [0.2, 0.25) is 0 Å². The molecule has 0 aromatic heterocycles. The highest BCUT2D eigenvalue weighted by molar-refractivity contribution is 5.41. The molecule has 0 bridgehead atoms. The van der Waals surface area contributed by atoms with E-state index in [1.54, 1.807) is 12.7 Å². The van der Waals surface area contributed by atoms with Gasteiger partial charge in [-0.3, -0.25) is 0 Å². The maximum Gasteiger partial charge on any atom is 0.119 e. The van der Waals surface area contributed by atoms with Crippen molar-refractivity contribution in [2.45, 2.75) is 64.4 Å². The van der Waals surface area contributed by atoms with Crippen LogP contribution >= 0.6 is 0 Å². The molecule has 0 amide bonds. The Bertz CT molecular complexity index is 596. The quantitative estimate of drug-likeness (QED) is 0.868. The number of benzene rings is 1. The lowest BCUT2D eigenvalue weighted by Crippen LogP contribution is -2.47. The molecule has 126 valence electrons. The maximum atomic E-state index is 10.6. The van der Waals surface area contributed by atoms with E-state index in [9.17, 15) is 5.11 Å². The van der Waals surface area contributed by atoms with Crippen molar-refractivity contribution in [3.63, 3.8) is 0 Å². The SMILES string of the molecule is CCC1CC2(C)C(O)CCC2C2CCc3cc(OC)ccc3C12. The molecule has 2 nitrogen and oxygen atoms in total. The zero-order valence-electron chi connectivity index (χ0n) is 14.7. The first-order valence-electron chi connectivity index (χ1n) is 9.43. The van der Waals surface area contributed by atoms with Crippen molar-refractivity contribution in [2.75, 3.05) is 7.11 Å². The Morgan fingerprint density at radius 1 is 1.26 bits per heavy atom. The Morgan fingerprint density at radius 3 is 2.83 bits per heavy atom. The molecule has 3 aliphatic carbocycles. The molecular formula is C21H30O2. The van der Waals surface area contributed by atoms with Crippen LogP contribution in [0, 0.1) is 23.2 Å². The van der Waals surface area contributed by atoms with Crippen LogP contribution in [-0.4, -0.2) is 18.3 Å². The molecule has 1 N–H and O–H groups in total. The molecule has 1 aromatic rings. The number of fused-ring (bicyclic) bond motifs is 5. The van der Waals surface area contributed by atoms with Crippen LogP contribution in [-0.2, 0) is 6.42 Å². The zero-order valence-corrected chi connectivity index (χ0v) is 14.7. The van der Waals surface area contributed by atoms with Gasteiger partial charge in [0.1, 0.15) is 5.75 Å². The van der Waals surface area contributed by atoms with Crippen LogP contribution in [0.5, 0.6) is 5.75 Å². The molecule has 0 radical (unpaired) electrons. The average molecular weight is 314 g/mol. The van der Waals surface area contributed by atoms with Gasteiger partial charge in [0.15, 0.2) is 0 Å². The van der Waals surface area contributed by atoms with Crippen molar-refractivity contribution >= 4 is 0 Å². The Morgan fingerprint density at radius 2 is 2.09 bits per heavy atom. The monoisotopic (exact) mass is 314 g/mol. The molecule has 0 saturated heterocycles. The van der Waals surface area contributed by atoms with Gasteiger partial charge in [-0.2, -0.15) is 0 Å². The third-order valence-corrected chi connectivity index (χ3v) is 7.53. The molecule has 6 atom stereocenters. The number of aliphatic hydroxyl groups is 1. The second-order valence-corrected chi connectivity index (χ2v) is 8.37. The molecule has 0 heterocycles. The first-order chi connectivity index (χ1) is 11.1. The third kappa shape index (κ3) is 2.17. The van der Waals surface area contributed by atoms with E-state index < -0.39 is 0 Å². The van der Waals surface area contributed by atoms with Crippen molar-refractivity contribution in [2.24, 2.45) is 23.2 Å². The number of aryl methyl sites for hydroxylation is 1. The van der Waals surface area contributed by atoms with Crippen molar-refractivity contribution in [1.29, 1.82) is 0 Å². The molecule has 4 rings (SSSR count). The van der Waals surface area contributed by atoms with Crippen LogP contribution in [0.15, 0.2) is 18.2 Å². The van der Waals surface area contributed by atoms with Crippen LogP contribution in [0.25, 0.3) is 0 Å². The number of methoxy groups -OCH3 is 1. The van der Waals surface area contributed by atoms with Crippen LogP contribution in [0.3, 0.4) is 0 Å². The van der Waals surface area contributed by atoms with E-state index >= 15 is 0 Å². The molecule has 3 aliphatic rings. The molecular weight excluding hydrogens is 284 g/mol. The fourth-order valence-corrected chi connectivity index (χ4v) is 6.36. The fourth-order valence-electron chi connectivity index (χ4n) is 6.36. The highest BCUT2D eigenvalue weighted by Crippen LogP contribution is 2.63. The molecule has 0 aliphatic heterocycles. The van der Waals surface area contributed by atoms with Gasteiger partial charge in [0.2, 0.25) is 0 Å². The summed E-state index contributed by atoms with van der Waals surface area (Å²) in [5.41, 5.74) is 3.25. The lowest BCUT2D eigenvalue weighted by atomic mass is 9.51. The topological polar surface area (TPSA) is 29.5 Å². The molecule has 2 heteroatoms. The van der Waals surface area contributed by atoms with Gasteiger partial charge in [0, 0.05) is 0 Å². The fraction of sp³-hybridized carbons (Fsp3) is 0.714. The predicted molar refractivity (Wildman–Crippen MR) is 92.8 cm³/mol. The van der Waals surface area contributed by atoms with Crippen LogP contribution < -0.4 is 4.74 Å². The minimum atomic E-state index is -0.0836. The molecule has 2 fully saturated rings. The first kappa shape index (κ1) is 15.5. The van der Waals surface area contributed by atoms with Gasteiger partial charge in [-0.1, -0.05) is 26.3 Å². The molecule has 6 unspecified atom stereocenters. The molecule has 2 saturated carbocycles. The Hall–Kier alpha value is -1.02. The lowest BCUT2D eigenvalue weighted by Gasteiger charge is -2.53. The molecule has 1 aromatic carbocycles. The standard InChI is InChI=1S/C21H30O2/c1-4-13-12-21(2)18(9-10-19(21)22)17-7-5-14-11-15(23-3)6-8-16(14)20(13)17/h6,8,11,13,17-20,22H,4-5,7,9-10,12H2,1-3H3. The van der Waals surface area contributed by atoms with Crippen molar-refractivity contribution in [3.05, 3.63) is 29.3 Å². The first-order valence-corrected chi connectivity index (χ1v) is 9.43.